The summed E-state index contributed by atoms with van der Waals surface area (Å²) in [5.41, 5.74) is 2.74. The number of ether oxygens (including phenoxy) is 1. The Morgan fingerprint density at radius 3 is 2.70 bits per heavy atom. The number of nitrogens with zero attached hydrogens (tertiary/aromatic N) is 1. The molecule has 0 saturated carbocycles. The van der Waals surface area contributed by atoms with Crippen LogP contribution in [0.1, 0.15) is 12.5 Å². The second-order valence-electron chi connectivity index (χ2n) is 4.26. The Morgan fingerprint density at radius 2 is 2.10 bits per heavy atom. The monoisotopic (exact) mass is 409 g/mol. The van der Waals surface area contributed by atoms with Crippen molar-refractivity contribution in [2.24, 2.45) is 7.05 Å². The van der Waals surface area contributed by atoms with Gasteiger partial charge in [-0.25, -0.2) is 0 Å². The van der Waals surface area contributed by atoms with E-state index in [0.29, 0.717) is 11.1 Å². The quantitative estimate of drug-likeness (QED) is 0.728. The van der Waals surface area contributed by atoms with Gasteiger partial charge in [0, 0.05) is 39.8 Å². The fourth-order valence-electron chi connectivity index (χ4n) is 1.97. The third-order valence-corrected chi connectivity index (χ3v) is 3.51. The average molecular weight is 410 g/mol. The Bertz CT molecular complexity index is 667. The Hall–Kier alpha value is -0.446. The molecule has 0 aliphatic heterocycles. The van der Waals surface area contributed by atoms with Crippen LogP contribution in [0.15, 0.2) is 33.5 Å². The van der Waals surface area contributed by atoms with E-state index in [1.54, 1.807) is 17.7 Å². The molecule has 0 aliphatic carbocycles. The van der Waals surface area contributed by atoms with Crippen molar-refractivity contribution >= 4 is 15.9 Å². The van der Waals surface area contributed by atoms with Crippen molar-refractivity contribution in [3.63, 3.8) is 0 Å². The van der Waals surface area contributed by atoms with Gasteiger partial charge < -0.3 is 9.30 Å². The molecule has 0 saturated heterocycles. The smallest absolute Gasteiger partial charge is 0.208 e. The first kappa shape index (κ1) is 17.6. The number of rotatable bonds is 3. The molecular formula is C15H15BrNO2Y-. The van der Waals surface area contributed by atoms with Crippen molar-refractivity contribution < 1.29 is 37.4 Å². The summed E-state index contributed by atoms with van der Waals surface area (Å²) in [6.45, 7) is 4.59. The van der Waals surface area contributed by atoms with Gasteiger partial charge in [-0.15, -0.1) is 22.0 Å². The first-order valence-corrected chi connectivity index (χ1v) is 6.85. The molecule has 0 N–H and O–H groups in total. The zero-order valence-corrected chi connectivity index (χ0v) is 16.2. The molecule has 0 bridgehead atoms. The molecule has 0 amide bonds. The summed E-state index contributed by atoms with van der Waals surface area (Å²) in [4.78, 5) is 11.9. The van der Waals surface area contributed by atoms with E-state index >= 15 is 0 Å². The van der Waals surface area contributed by atoms with Crippen LogP contribution >= 0.6 is 15.9 Å². The van der Waals surface area contributed by atoms with E-state index in [-0.39, 0.29) is 38.3 Å². The maximum absolute atomic E-state index is 11.9. The molecule has 0 aliphatic rings. The number of halogens is 1. The van der Waals surface area contributed by atoms with Crippen LogP contribution < -0.4 is 10.3 Å². The summed E-state index contributed by atoms with van der Waals surface area (Å²) in [6, 6.07) is 10.6. The van der Waals surface area contributed by atoms with E-state index in [2.05, 4.69) is 22.0 Å². The van der Waals surface area contributed by atoms with Gasteiger partial charge in [-0.05, 0) is 23.5 Å². The molecule has 20 heavy (non-hydrogen) atoms. The molecule has 1 radical (unpaired) electrons. The number of hydrogen-bond acceptors (Lipinski definition) is 2. The Balaban J connectivity index is 0.00000200. The molecule has 5 heteroatoms. The molecule has 2 rings (SSSR count). The van der Waals surface area contributed by atoms with Crippen LogP contribution in [0.5, 0.6) is 5.75 Å². The fraction of sp³-hybridized carbons (Fsp3) is 0.267. The molecule has 0 spiro atoms. The maximum atomic E-state index is 11.9. The molecule has 3 nitrogen and oxygen atoms in total. The standard InChI is InChI=1S/C15H15BrNO2.Y/c1-4-19-11-5-6-12(10(2)9-11)14-8-7-13(16)15(18)17(14)3;/h5-7,9H,4H2,1-3H3;/q-1;. The first-order chi connectivity index (χ1) is 9.04. The minimum Gasteiger partial charge on any atom is -0.494 e. The zero-order chi connectivity index (χ0) is 14.0. The Kier molecular flexibility index (Phi) is 6.63. The second-order valence-corrected chi connectivity index (χ2v) is 5.11. The van der Waals surface area contributed by atoms with E-state index < -0.39 is 0 Å². The number of aromatic nitrogens is 1. The van der Waals surface area contributed by atoms with Crippen LogP contribution in [0.2, 0.25) is 0 Å². The van der Waals surface area contributed by atoms with Gasteiger partial charge in [0.25, 0.3) is 0 Å². The number of pyridine rings is 1. The van der Waals surface area contributed by atoms with Crippen molar-refractivity contribution in [2.75, 3.05) is 6.61 Å². The van der Waals surface area contributed by atoms with Gasteiger partial charge in [0.2, 0.25) is 5.56 Å². The summed E-state index contributed by atoms with van der Waals surface area (Å²) in [7, 11) is 1.74. The van der Waals surface area contributed by atoms with Gasteiger partial charge in [0.15, 0.2) is 0 Å². The van der Waals surface area contributed by atoms with Crippen LogP contribution in [0, 0.1) is 13.0 Å². The molecule has 0 unspecified atom stereocenters. The van der Waals surface area contributed by atoms with Gasteiger partial charge in [0.05, 0.1) is 6.61 Å². The summed E-state index contributed by atoms with van der Waals surface area (Å²) in [5.74, 6) is 0.839. The Morgan fingerprint density at radius 1 is 1.40 bits per heavy atom. The van der Waals surface area contributed by atoms with Crippen LogP contribution in [0.25, 0.3) is 11.3 Å². The van der Waals surface area contributed by atoms with Crippen molar-refractivity contribution in [1.29, 1.82) is 0 Å². The van der Waals surface area contributed by atoms with Crippen molar-refractivity contribution in [3.8, 4) is 17.0 Å². The van der Waals surface area contributed by atoms with E-state index in [9.17, 15) is 4.79 Å². The number of aryl methyl sites for hydroxylation is 1. The average Bonchev–Trinajstić information content (AvgIpc) is 2.38. The summed E-state index contributed by atoms with van der Waals surface area (Å²) < 4.78 is 7.57. The van der Waals surface area contributed by atoms with Gasteiger partial charge in [-0.1, -0.05) is 23.7 Å². The summed E-state index contributed by atoms with van der Waals surface area (Å²) in [6.07, 6.45) is 0. The minimum atomic E-state index is -0.0676. The molecule has 0 fully saturated rings. The Labute approximate surface area is 152 Å². The van der Waals surface area contributed by atoms with Crippen molar-refractivity contribution in [1.82, 2.24) is 4.57 Å². The van der Waals surface area contributed by atoms with E-state index in [0.717, 1.165) is 22.6 Å². The molecule has 2 aromatic rings. The fourth-order valence-corrected chi connectivity index (χ4v) is 2.35. The number of hydrogen-bond donors (Lipinski definition) is 0. The summed E-state index contributed by atoms with van der Waals surface area (Å²) in [5, 5.41) is 0. The molecule has 103 valence electrons. The van der Waals surface area contributed by atoms with Crippen LogP contribution in [-0.4, -0.2) is 11.2 Å². The molecule has 1 aromatic heterocycles. The van der Waals surface area contributed by atoms with Crippen molar-refractivity contribution in [2.45, 2.75) is 13.8 Å². The van der Waals surface area contributed by atoms with Crippen LogP contribution in [0.3, 0.4) is 0 Å². The number of benzene rings is 1. The molecular weight excluding hydrogens is 395 g/mol. The molecule has 1 aromatic carbocycles. The topological polar surface area (TPSA) is 31.2 Å². The maximum Gasteiger partial charge on any atom is 0.208 e. The van der Waals surface area contributed by atoms with Gasteiger partial charge in [-0.3, -0.25) is 4.79 Å². The predicted molar refractivity (Wildman–Crippen MR) is 79.6 cm³/mol. The minimum absolute atomic E-state index is 0. The third kappa shape index (κ3) is 3.60. The normalized spacial score (nSPS) is 10.0. The second kappa shape index (κ2) is 7.53. The molecule has 1 heterocycles. The predicted octanol–water partition coefficient (Wildman–Crippen LogP) is 3.32. The SMILES string of the molecule is CCOc1ccc(-c2[c-]cc(Br)c(=O)n2C)c(C)c1.[Y]. The van der Waals surface area contributed by atoms with Gasteiger partial charge >= 0.3 is 0 Å². The van der Waals surface area contributed by atoms with Crippen molar-refractivity contribution in [3.05, 3.63) is 50.7 Å². The van der Waals surface area contributed by atoms with E-state index in [1.807, 2.05) is 32.0 Å². The summed E-state index contributed by atoms with van der Waals surface area (Å²) >= 11 is 3.22. The zero-order valence-electron chi connectivity index (χ0n) is 11.7. The van der Waals surface area contributed by atoms with Crippen LogP contribution in [0.4, 0.5) is 0 Å². The van der Waals surface area contributed by atoms with E-state index in [1.165, 1.54) is 0 Å². The van der Waals surface area contributed by atoms with Gasteiger partial charge in [-0.2, -0.15) is 12.1 Å². The van der Waals surface area contributed by atoms with Gasteiger partial charge in [0.1, 0.15) is 5.75 Å². The third-order valence-electron chi connectivity index (χ3n) is 2.94. The van der Waals surface area contributed by atoms with Crippen LogP contribution in [-0.2, 0) is 39.8 Å². The molecule has 0 atom stereocenters. The first-order valence-electron chi connectivity index (χ1n) is 6.05. The van der Waals surface area contributed by atoms with E-state index in [4.69, 9.17) is 4.74 Å². The largest absolute Gasteiger partial charge is 0.494 e.